The third-order valence-electron chi connectivity index (χ3n) is 4.51. The molecule has 6 heteroatoms. The number of hydrogen-bond acceptors (Lipinski definition) is 5. The average molecular weight is 290 g/mol. The smallest absolute Gasteiger partial charge is 0.234 e. The lowest BCUT2D eigenvalue weighted by Gasteiger charge is -2.52. The first kappa shape index (κ1) is 13.7. The van der Waals surface area contributed by atoms with Gasteiger partial charge in [-0.25, -0.2) is 0 Å². The van der Waals surface area contributed by atoms with Gasteiger partial charge in [-0.3, -0.25) is 4.79 Å². The molecule has 0 spiro atoms. The van der Waals surface area contributed by atoms with Crippen molar-refractivity contribution in [2.45, 2.75) is 25.0 Å². The van der Waals surface area contributed by atoms with Crippen LogP contribution in [0.4, 0.5) is 0 Å². The summed E-state index contributed by atoms with van der Waals surface area (Å²) in [6, 6.07) is 5.22. The minimum Gasteiger partial charge on any atom is -0.549 e. The zero-order valence-electron chi connectivity index (χ0n) is 12.1. The SMILES string of the molecule is COc1ccc2c(c1)[C@H]1C[C@@](C)(O2)N(C)C(=O)[C@H]1C(=O)[O-]. The lowest BCUT2D eigenvalue weighted by molar-refractivity contribution is -0.313. The molecule has 2 aliphatic rings. The molecule has 2 bridgehead atoms. The Kier molecular flexibility index (Phi) is 2.86. The minimum atomic E-state index is -1.35. The molecule has 1 saturated heterocycles. The number of carbonyl (C=O) groups excluding carboxylic acids is 2. The van der Waals surface area contributed by atoms with Crippen LogP contribution in [0.5, 0.6) is 11.5 Å². The topological polar surface area (TPSA) is 78.9 Å². The molecule has 1 amide bonds. The molecule has 6 nitrogen and oxygen atoms in total. The van der Waals surface area contributed by atoms with E-state index in [0.717, 1.165) is 0 Å². The number of fused-ring (bicyclic) bond motifs is 4. The lowest BCUT2D eigenvalue weighted by Crippen LogP contribution is -2.63. The van der Waals surface area contributed by atoms with Crippen molar-refractivity contribution in [1.29, 1.82) is 0 Å². The number of benzene rings is 1. The van der Waals surface area contributed by atoms with Gasteiger partial charge in [0.25, 0.3) is 0 Å². The summed E-state index contributed by atoms with van der Waals surface area (Å²) in [6.45, 7) is 1.79. The van der Waals surface area contributed by atoms with Gasteiger partial charge in [-0.15, -0.1) is 0 Å². The van der Waals surface area contributed by atoms with E-state index in [2.05, 4.69) is 0 Å². The third kappa shape index (κ3) is 1.86. The van der Waals surface area contributed by atoms with Gasteiger partial charge >= 0.3 is 0 Å². The molecule has 112 valence electrons. The van der Waals surface area contributed by atoms with Gasteiger partial charge < -0.3 is 24.3 Å². The van der Waals surface area contributed by atoms with E-state index in [9.17, 15) is 14.7 Å². The number of carboxylic acids is 1. The second-order valence-corrected chi connectivity index (χ2v) is 5.69. The molecule has 0 aliphatic carbocycles. The molecule has 0 saturated carbocycles. The van der Waals surface area contributed by atoms with Crippen LogP contribution >= 0.6 is 0 Å². The minimum absolute atomic E-state index is 0.411. The Morgan fingerprint density at radius 2 is 2.24 bits per heavy atom. The lowest BCUT2D eigenvalue weighted by atomic mass is 9.74. The highest BCUT2D eigenvalue weighted by Crippen LogP contribution is 2.50. The van der Waals surface area contributed by atoms with Gasteiger partial charge in [0.05, 0.1) is 19.0 Å². The van der Waals surface area contributed by atoms with Gasteiger partial charge in [0.2, 0.25) is 5.91 Å². The summed E-state index contributed by atoms with van der Waals surface area (Å²) in [5.74, 6) is -2.32. The van der Waals surface area contributed by atoms with Crippen LogP contribution in [0.15, 0.2) is 18.2 Å². The molecule has 0 radical (unpaired) electrons. The van der Waals surface area contributed by atoms with Gasteiger partial charge in [-0.2, -0.15) is 0 Å². The van der Waals surface area contributed by atoms with E-state index < -0.39 is 29.4 Å². The van der Waals surface area contributed by atoms with E-state index in [1.54, 1.807) is 32.2 Å². The van der Waals surface area contributed by atoms with E-state index in [1.165, 1.54) is 12.0 Å². The summed E-state index contributed by atoms with van der Waals surface area (Å²) in [4.78, 5) is 25.2. The van der Waals surface area contributed by atoms with Crippen LogP contribution in [0.3, 0.4) is 0 Å². The number of rotatable bonds is 2. The molecule has 0 aromatic heterocycles. The number of likely N-dealkylation sites (tertiary alicyclic amines) is 1. The summed E-state index contributed by atoms with van der Waals surface area (Å²) in [6.07, 6.45) is 0.411. The van der Waals surface area contributed by atoms with E-state index in [0.29, 0.717) is 23.5 Å². The maximum atomic E-state index is 12.3. The standard InChI is InChI=1S/C15H17NO5/c1-15-7-10(12(14(18)19)13(17)16(15)2)9-6-8(20-3)4-5-11(9)21-15/h4-6,10,12H,7H2,1-3H3,(H,18,19)/p-1/t10-,12+,15-/m1/s1. The molecular weight excluding hydrogens is 274 g/mol. The number of carbonyl (C=O) groups is 2. The van der Waals surface area contributed by atoms with Crippen molar-refractivity contribution in [3.05, 3.63) is 23.8 Å². The number of piperidine rings is 1. The number of ether oxygens (including phenoxy) is 2. The molecule has 0 N–H and O–H groups in total. The predicted molar refractivity (Wildman–Crippen MR) is 70.7 cm³/mol. The van der Waals surface area contributed by atoms with E-state index in [4.69, 9.17) is 9.47 Å². The number of carboxylic acid groups (broad SMARTS) is 1. The van der Waals surface area contributed by atoms with Crippen LogP contribution in [0.1, 0.15) is 24.8 Å². The fourth-order valence-corrected chi connectivity index (χ4v) is 3.21. The number of amides is 1. The molecule has 3 atom stereocenters. The Labute approximate surface area is 122 Å². The Hall–Kier alpha value is -2.24. The van der Waals surface area contributed by atoms with Crippen LogP contribution in [-0.4, -0.2) is 36.7 Å². The van der Waals surface area contributed by atoms with Gasteiger partial charge in [0.15, 0.2) is 5.72 Å². The van der Waals surface area contributed by atoms with Crippen molar-refractivity contribution < 1.29 is 24.2 Å². The number of nitrogens with zero attached hydrogens (tertiary/aromatic N) is 1. The van der Waals surface area contributed by atoms with Gasteiger partial charge in [-0.1, -0.05) is 0 Å². The van der Waals surface area contributed by atoms with Crippen molar-refractivity contribution in [1.82, 2.24) is 4.90 Å². The Balaban J connectivity index is 2.16. The van der Waals surface area contributed by atoms with E-state index in [1.807, 2.05) is 0 Å². The van der Waals surface area contributed by atoms with Crippen LogP contribution in [-0.2, 0) is 9.59 Å². The van der Waals surface area contributed by atoms with Crippen LogP contribution < -0.4 is 14.6 Å². The molecule has 1 aromatic carbocycles. The summed E-state index contributed by atoms with van der Waals surface area (Å²) in [5.41, 5.74) is -0.155. The monoisotopic (exact) mass is 290 g/mol. The molecule has 2 aliphatic heterocycles. The number of methoxy groups -OCH3 is 1. The Bertz CT molecular complexity index is 628. The van der Waals surface area contributed by atoms with Crippen molar-refractivity contribution in [2.24, 2.45) is 5.92 Å². The summed E-state index contributed by atoms with van der Waals surface area (Å²) in [5, 5.41) is 11.4. The Morgan fingerprint density at radius 1 is 1.52 bits per heavy atom. The van der Waals surface area contributed by atoms with Crippen LogP contribution in [0, 0.1) is 5.92 Å². The maximum absolute atomic E-state index is 12.3. The van der Waals surface area contributed by atoms with E-state index >= 15 is 0 Å². The summed E-state index contributed by atoms with van der Waals surface area (Å²) < 4.78 is 11.1. The number of hydrogen-bond donors (Lipinski definition) is 0. The molecule has 1 aromatic rings. The first-order chi connectivity index (χ1) is 9.87. The fourth-order valence-electron chi connectivity index (χ4n) is 3.21. The average Bonchev–Trinajstić information content (AvgIpc) is 2.44. The van der Waals surface area contributed by atoms with Crippen molar-refractivity contribution >= 4 is 11.9 Å². The number of aliphatic carboxylic acids is 1. The third-order valence-corrected chi connectivity index (χ3v) is 4.51. The summed E-state index contributed by atoms with van der Waals surface area (Å²) >= 11 is 0. The molecule has 0 unspecified atom stereocenters. The van der Waals surface area contributed by atoms with Gasteiger partial charge in [-0.05, 0) is 25.1 Å². The van der Waals surface area contributed by atoms with E-state index in [-0.39, 0.29) is 0 Å². The normalized spacial score (nSPS) is 30.4. The quantitative estimate of drug-likeness (QED) is 0.723. The van der Waals surface area contributed by atoms with Crippen molar-refractivity contribution in [3.8, 4) is 11.5 Å². The molecule has 3 rings (SSSR count). The second-order valence-electron chi connectivity index (χ2n) is 5.69. The first-order valence-electron chi connectivity index (χ1n) is 6.73. The van der Waals surface area contributed by atoms with Crippen LogP contribution in [0.2, 0.25) is 0 Å². The molecule has 1 fully saturated rings. The van der Waals surface area contributed by atoms with Crippen LogP contribution in [0.25, 0.3) is 0 Å². The fraction of sp³-hybridized carbons (Fsp3) is 0.467. The van der Waals surface area contributed by atoms with Gasteiger partial charge in [0.1, 0.15) is 11.5 Å². The van der Waals surface area contributed by atoms with Crippen molar-refractivity contribution in [2.75, 3.05) is 14.2 Å². The molecule has 21 heavy (non-hydrogen) atoms. The zero-order valence-corrected chi connectivity index (χ0v) is 12.1. The Morgan fingerprint density at radius 3 is 2.86 bits per heavy atom. The highest BCUT2D eigenvalue weighted by Gasteiger charge is 2.53. The first-order valence-corrected chi connectivity index (χ1v) is 6.73. The maximum Gasteiger partial charge on any atom is 0.234 e. The predicted octanol–water partition coefficient (Wildman–Crippen LogP) is 0.116. The highest BCUT2D eigenvalue weighted by molar-refractivity contribution is 5.98. The highest BCUT2D eigenvalue weighted by atomic mass is 16.5. The largest absolute Gasteiger partial charge is 0.549 e. The van der Waals surface area contributed by atoms with Crippen molar-refractivity contribution in [3.63, 3.8) is 0 Å². The zero-order chi connectivity index (χ0) is 15.4. The van der Waals surface area contributed by atoms with Gasteiger partial charge in [0, 0.05) is 24.9 Å². The summed E-state index contributed by atoms with van der Waals surface area (Å²) in [7, 11) is 3.09. The molecular formula is C15H16NO5-. The second kappa shape index (κ2) is 4.38. The molecule has 2 heterocycles.